The molecule has 0 heterocycles. The predicted molar refractivity (Wildman–Crippen MR) is 143 cm³/mol. The van der Waals surface area contributed by atoms with Gasteiger partial charge >= 0.3 is 0 Å². The number of ether oxygens (including phenoxy) is 3. The van der Waals surface area contributed by atoms with Gasteiger partial charge in [0.15, 0.2) is 14.7 Å². The van der Waals surface area contributed by atoms with Crippen LogP contribution in [0.3, 0.4) is 0 Å². The van der Waals surface area contributed by atoms with E-state index in [1.165, 1.54) is 14.7 Å². The maximum atomic E-state index is 6.04. The summed E-state index contributed by atoms with van der Waals surface area (Å²) in [4.78, 5) is 3.70. The highest BCUT2D eigenvalue weighted by Gasteiger charge is 2.29. The van der Waals surface area contributed by atoms with Gasteiger partial charge in [-0.05, 0) is 135 Å². The molecule has 35 heavy (non-hydrogen) atoms. The summed E-state index contributed by atoms with van der Waals surface area (Å²) in [6, 6.07) is 25.4. The molecule has 190 valence electrons. The average molecular weight is 515 g/mol. The van der Waals surface area contributed by atoms with Crippen molar-refractivity contribution < 1.29 is 26.6 Å². The third kappa shape index (κ3) is 9.35. The van der Waals surface area contributed by atoms with E-state index in [2.05, 4.69) is 135 Å². The minimum atomic E-state index is -0.276. The van der Waals surface area contributed by atoms with Crippen LogP contribution in [0.1, 0.15) is 62.3 Å². The van der Waals surface area contributed by atoms with Crippen molar-refractivity contribution in [3.05, 3.63) is 72.8 Å². The van der Waals surface area contributed by atoms with Gasteiger partial charge in [0.1, 0.15) is 34.1 Å². The zero-order valence-electron chi connectivity index (χ0n) is 22.4. The standard InChI is InChI=1S/C30H39O3S.ClH/c1-28(2,3)31-22-10-16-25(17-11-22)34(26-18-12-23(13-19-26)32-29(4,5)6)27-20-14-24(15-21-27)33-30(7,8)9;/h10-21H,1-9H3;1H/q+1;/p-1. The first-order valence-electron chi connectivity index (χ1n) is 11.8. The fraction of sp³-hybridized carbons (Fsp3) is 0.400. The number of hydrogen-bond donors (Lipinski definition) is 0. The Morgan fingerprint density at radius 3 is 0.771 bits per heavy atom. The molecule has 0 radical (unpaired) electrons. The minimum absolute atomic E-state index is 0. The van der Waals surface area contributed by atoms with Gasteiger partial charge in [-0.25, -0.2) is 0 Å². The van der Waals surface area contributed by atoms with E-state index in [0.29, 0.717) is 0 Å². The lowest BCUT2D eigenvalue weighted by atomic mass is 10.2. The summed E-state index contributed by atoms with van der Waals surface area (Å²) in [5.74, 6) is 2.63. The minimum Gasteiger partial charge on any atom is -1.00 e. The van der Waals surface area contributed by atoms with Gasteiger partial charge in [0.25, 0.3) is 0 Å². The molecule has 3 aromatic carbocycles. The fourth-order valence-electron chi connectivity index (χ4n) is 3.40. The Balaban J connectivity index is 0.00000432. The zero-order chi connectivity index (χ0) is 25.1. The maximum absolute atomic E-state index is 6.04. The van der Waals surface area contributed by atoms with Crippen LogP contribution >= 0.6 is 0 Å². The smallest absolute Gasteiger partial charge is 0.166 e. The van der Waals surface area contributed by atoms with Crippen LogP contribution in [0.4, 0.5) is 0 Å². The van der Waals surface area contributed by atoms with Gasteiger partial charge in [-0.2, -0.15) is 0 Å². The van der Waals surface area contributed by atoms with Gasteiger partial charge < -0.3 is 26.6 Å². The Morgan fingerprint density at radius 2 is 0.600 bits per heavy atom. The number of halogens is 1. The van der Waals surface area contributed by atoms with Crippen molar-refractivity contribution in [2.45, 2.75) is 93.8 Å². The quantitative estimate of drug-likeness (QED) is 0.417. The maximum Gasteiger partial charge on any atom is 0.166 e. The first kappa shape index (κ1) is 28.9. The first-order valence-corrected chi connectivity index (χ1v) is 13.0. The topological polar surface area (TPSA) is 27.7 Å². The molecule has 0 N–H and O–H groups in total. The highest BCUT2D eigenvalue weighted by Crippen LogP contribution is 2.35. The van der Waals surface area contributed by atoms with E-state index in [1.807, 2.05) is 0 Å². The van der Waals surface area contributed by atoms with E-state index in [4.69, 9.17) is 14.2 Å². The van der Waals surface area contributed by atoms with Gasteiger partial charge in [-0.15, -0.1) is 0 Å². The van der Waals surface area contributed by atoms with Gasteiger partial charge in [0, 0.05) is 0 Å². The van der Waals surface area contributed by atoms with Gasteiger partial charge in [0.2, 0.25) is 0 Å². The molecule has 0 aliphatic heterocycles. The molecule has 0 saturated heterocycles. The van der Waals surface area contributed by atoms with Crippen molar-refractivity contribution in [3.63, 3.8) is 0 Å². The largest absolute Gasteiger partial charge is 1.00 e. The number of rotatable bonds is 6. The molecule has 5 heteroatoms. The van der Waals surface area contributed by atoms with Crippen LogP contribution in [0.25, 0.3) is 0 Å². The number of hydrogen-bond acceptors (Lipinski definition) is 3. The van der Waals surface area contributed by atoms with Crippen molar-refractivity contribution in [2.75, 3.05) is 0 Å². The summed E-state index contributed by atoms with van der Waals surface area (Å²) in [6.45, 7) is 18.6. The van der Waals surface area contributed by atoms with E-state index < -0.39 is 0 Å². The number of benzene rings is 3. The highest BCUT2D eigenvalue weighted by atomic mass is 35.5. The van der Waals surface area contributed by atoms with E-state index >= 15 is 0 Å². The molecule has 3 nitrogen and oxygen atoms in total. The van der Waals surface area contributed by atoms with E-state index in [-0.39, 0.29) is 40.1 Å². The average Bonchev–Trinajstić information content (AvgIpc) is 2.69. The summed E-state index contributed by atoms with van der Waals surface area (Å²) in [5, 5.41) is 0. The fourth-order valence-corrected chi connectivity index (χ4v) is 5.44. The molecule has 0 aliphatic carbocycles. The van der Waals surface area contributed by atoms with Crippen LogP contribution in [0, 0.1) is 0 Å². The third-order valence-electron chi connectivity index (χ3n) is 4.45. The van der Waals surface area contributed by atoms with Gasteiger partial charge in [-0.1, -0.05) is 0 Å². The zero-order valence-corrected chi connectivity index (χ0v) is 24.0. The summed E-state index contributed by atoms with van der Waals surface area (Å²) >= 11 is 0. The summed E-state index contributed by atoms with van der Waals surface area (Å²) in [5.41, 5.74) is -0.682. The molecule has 0 spiro atoms. The Hall–Kier alpha value is -2.30. The highest BCUT2D eigenvalue weighted by molar-refractivity contribution is 7.97. The predicted octanol–water partition coefficient (Wildman–Crippen LogP) is 5.32. The summed E-state index contributed by atoms with van der Waals surface area (Å²) in [6.07, 6.45) is 0. The van der Waals surface area contributed by atoms with Gasteiger partial charge in [0.05, 0.1) is 10.9 Å². The molecule has 0 atom stereocenters. The van der Waals surface area contributed by atoms with Crippen molar-refractivity contribution in [1.29, 1.82) is 0 Å². The van der Waals surface area contributed by atoms with Crippen molar-refractivity contribution in [2.24, 2.45) is 0 Å². The Labute approximate surface area is 221 Å². The normalized spacial score (nSPS) is 12.2. The van der Waals surface area contributed by atoms with E-state index in [1.54, 1.807) is 0 Å². The lowest BCUT2D eigenvalue weighted by Crippen LogP contribution is -3.00. The van der Waals surface area contributed by atoms with Crippen LogP contribution in [-0.2, 0) is 10.9 Å². The second-order valence-corrected chi connectivity index (χ2v) is 13.4. The molecule has 3 rings (SSSR count). The molecule has 0 saturated carbocycles. The van der Waals surface area contributed by atoms with Crippen LogP contribution in [0.2, 0.25) is 0 Å². The van der Waals surface area contributed by atoms with Crippen LogP contribution in [0.15, 0.2) is 87.5 Å². The summed E-state index contributed by atoms with van der Waals surface area (Å²) < 4.78 is 18.1. The van der Waals surface area contributed by atoms with Crippen molar-refractivity contribution >= 4 is 10.9 Å². The van der Waals surface area contributed by atoms with Crippen LogP contribution in [0.5, 0.6) is 17.2 Å². The van der Waals surface area contributed by atoms with Crippen LogP contribution in [-0.4, -0.2) is 16.8 Å². The molecule has 0 aromatic heterocycles. The Morgan fingerprint density at radius 1 is 0.400 bits per heavy atom. The van der Waals surface area contributed by atoms with Crippen LogP contribution < -0.4 is 26.6 Å². The molecular formula is C30H39ClO3S. The van der Waals surface area contributed by atoms with E-state index in [0.717, 1.165) is 17.2 Å². The van der Waals surface area contributed by atoms with Gasteiger partial charge in [-0.3, -0.25) is 0 Å². The van der Waals surface area contributed by atoms with E-state index in [9.17, 15) is 0 Å². The lowest BCUT2D eigenvalue weighted by molar-refractivity contribution is -0.0000186. The molecule has 0 aliphatic rings. The second-order valence-electron chi connectivity index (χ2n) is 11.4. The first-order chi connectivity index (χ1) is 15.7. The third-order valence-corrected chi connectivity index (χ3v) is 6.68. The molecule has 0 unspecified atom stereocenters. The monoisotopic (exact) mass is 514 g/mol. The Kier molecular flexibility index (Phi) is 9.24. The van der Waals surface area contributed by atoms with Crippen molar-refractivity contribution in [3.8, 4) is 17.2 Å². The van der Waals surface area contributed by atoms with Crippen molar-refractivity contribution in [1.82, 2.24) is 0 Å². The molecular weight excluding hydrogens is 476 g/mol. The SMILES string of the molecule is CC(C)(C)Oc1ccc([S+](c2ccc(OC(C)(C)C)cc2)c2ccc(OC(C)(C)C)cc2)cc1.[Cl-]. The molecule has 0 amide bonds. The second kappa shape index (κ2) is 11.2. The summed E-state index contributed by atoms with van der Waals surface area (Å²) in [7, 11) is -0.276. The molecule has 0 bridgehead atoms. The lowest BCUT2D eigenvalue weighted by Gasteiger charge is -2.22. The molecule has 3 aromatic rings. The molecule has 0 fully saturated rings. The Bertz CT molecular complexity index is 914.